The van der Waals surface area contributed by atoms with Gasteiger partial charge in [-0.15, -0.1) is 0 Å². The van der Waals surface area contributed by atoms with Gasteiger partial charge in [-0.3, -0.25) is 4.68 Å². The molecule has 0 spiro atoms. The second-order valence-corrected chi connectivity index (χ2v) is 12.6. The number of nitrogens with one attached hydrogen (secondary N) is 3. The number of amides is 1. The van der Waals surface area contributed by atoms with E-state index in [9.17, 15) is 4.79 Å². The van der Waals surface area contributed by atoms with Crippen molar-refractivity contribution in [1.29, 1.82) is 0 Å². The summed E-state index contributed by atoms with van der Waals surface area (Å²) in [5.41, 5.74) is 2.55. The number of hydrogen-bond donors (Lipinski definition) is 3. The summed E-state index contributed by atoms with van der Waals surface area (Å²) in [6.07, 6.45) is 15.8. The average Bonchev–Trinajstić information content (AvgIpc) is 3.63. The van der Waals surface area contributed by atoms with Crippen molar-refractivity contribution in [3.8, 4) is 11.3 Å². The molecule has 0 saturated heterocycles. The summed E-state index contributed by atoms with van der Waals surface area (Å²) in [6.45, 7) is 7.34. The second-order valence-electron chi connectivity index (χ2n) is 12.2. The van der Waals surface area contributed by atoms with Gasteiger partial charge in [-0.05, 0) is 91.0 Å². The van der Waals surface area contributed by atoms with Crippen LogP contribution in [0, 0.1) is 5.92 Å². The molecule has 39 heavy (non-hydrogen) atoms. The molecule has 0 radical (unpaired) electrons. The van der Waals surface area contributed by atoms with E-state index in [2.05, 4.69) is 26.0 Å². The van der Waals surface area contributed by atoms with Crippen molar-refractivity contribution in [1.82, 2.24) is 30.4 Å². The molecule has 3 N–H and O–H groups in total. The lowest BCUT2D eigenvalue weighted by Crippen LogP contribution is -2.37. The zero-order valence-corrected chi connectivity index (χ0v) is 24.8. The fourth-order valence-electron chi connectivity index (χ4n) is 5.16. The first-order valence-electron chi connectivity index (χ1n) is 14.7. The molecule has 4 rings (SSSR count). The highest BCUT2D eigenvalue weighted by Crippen LogP contribution is 2.37. The van der Waals surface area contributed by atoms with Gasteiger partial charge in [-0.2, -0.15) is 5.10 Å². The third-order valence-electron chi connectivity index (χ3n) is 7.50. The molecule has 216 valence electrons. The van der Waals surface area contributed by atoms with E-state index in [4.69, 9.17) is 21.3 Å². The van der Waals surface area contributed by atoms with Crippen molar-refractivity contribution in [3.05, 3.63) is 23.1 Å². The monoisotopic (exact) mass is 559 g/mol. The van der Waals surface area contributed by atoms with Gasteiger partial charge in [0, 0.05) is 36.9 Å². The van der Waals surface area contributed by atoms with Gasteiger partial charge in [0.05, 0.1) is 23.1 Å². The van der Waals surface area contributed by atoms with Crippen molar-refractivity contribution in [3.63, 3.8) is 0 Å². The van der Waals surface area contributed by atoms with Crippen LogP contribution in [0.3, 0.4) is 0 Å². The van der Waals surface area contributed by atoms with Gasteiger partial charge in [0.2, 0.25) is 5.95 Å². The van der Waals surface area contributed by atoms with Crippen LogP contribution in [0.1, 0.15) is 90.7 Å². The molecule has 2 saturated carbocycles. The summed E-state index contributed by atoms with van der Waals surface area (Å²) in [5, 5.41) is 15.2. The average molecular weight is 560 g/mol. The Kier molecular flexibility index (Phi) is 10.5. The molecular formula is C29H46ClN7O2. The molecule has 0 unspecified atom stereocenters. The van der Waals surface area contributed by atoms with Crippen molar-refractivity contribution in [2.75, 3.05) is 18.4 Å². The molecule has 2 aliphatic carbocycles. The van der Waals surface area contributed by atoms with Gasteiger partial charge in [-0.1, -0.05) is 24.4 Å². The first-order valence-corrected chi connectivity index (χ1v) is 15.1. The van der Waals surface area contributed by atoms with Gasteiger partial charge in [0.15, 0.2) is 0 Å². The summed E-state index contributed by atoms with van der Waals surface area (Å²) < 4.78 is 7.21. The Labute approximate surface area is 238 Å². The molecule has 2 aliphatic rings. The van der Waals surface area contributed by atoms with E-state index in [0.717, 1.165) is 81.5 Å². The molecule has 2 fully saturated rings. The fraction of sp³-hybridized carbons (Fsp3) is 0.724. The number of hydrogen-bond acceptors (Lipinski definition) is 7. The van der Waals surface area contributed by atoms with Gasteiger partial charge < -0.3 is 20.7 Å². The highest BCUT2D eigenvalue weighted by atomic mass is 35.5. The van der Waals surface area contributed by atoms with Crippen LogP contribution in [-0.2, 0) is 18.2 Å². The first-order chi connectivity index (χ1) is 18.7. The predicted molar refractivity (Wildman–Crippen MR) is 156 cm³/mol. The third-order valence-corrected chi connectivity index (χ3v) is 7.78. The normalized spacial score (nSPS) is 19.6. The van der Waals surface area contributed by atoms with Crippen molar-refractivity contribution < 1.29 is 9.53 Å². The molecule has 9 nitrogen and oxygen atoms in total. The number of ether oxygens (including phenoxy) is 1. The molecule has 0 bridgehead atoms. The van der Waals surface area contributed by atoms with Crippen LogP contribution in [0.25, 0.3) is 11.3 Å². The van der Waals surface area contributed by atoms with E-state index in [0.29, 0.717) is 29.6 Å². The molecule has 10 heteroatoms. The molecule has 0 aliphatic heterocycles. The number of rotatable bonds is 13. The van der Waals surface area contributed by atoms with Crippen molar-refractivity contribution in [2.45, 2.75) is 109 Å². The Balaban J connectivity index is 1.12. The van der Waals surface area contributed by atoms with Gasteiger partial charge in [0.25, 0.3) is 0 Å². The maximum absolute atomic E-state index is 11.7. The number of anilines is 1. The maximum Gasteiger partial charge on any atom is 0.407 e. The molecule has 1 amide bonds. The first kappa shape index (κ1) is 29.6. The minimum absolute atomic E-state index is 0.330. The van der Waals surface area contributed by atoms with E-state index >= 15 is 0 Å². The number of nitrogens with zero attached hydrogens (tertiary/aromatic N) is 4. The Bertz CT molecular complexity index is 1070. The molecular weight excluding hydrogens is 514 g/mol. The summed E-state index contributed by atoms with van der Waals surface area (Å²) in [6, 6.07) is 0.938. The molecule has 2 heterocycles. The van der Waals surface area contributed by atoms with Gasteiger partial charge in [-0.25, -0.2) is 14.8 Å². The third kappa shape index (κ3) is 9.64. The molecule has 2 aromatic heterocycles. The van der Waals surface area contributed by atoms with Gasteiger partial charge in [0.1, 0.15) is 5.60 Å². The maximum atomic E-state index is 11.7. The zero-order valence-electron chi connectivity index (χ0n) is 24.1. The van der Waals surface area contributed by atoms with Crippen LogP contribution < -0.4 is 16.0 Å². The minimum atomic E-state index is -0.447. The van der Waals surface area contributed by atoms with E-state index in [1.165, 1.54) is 18.5 Å². The molecule has 2 aromatic rings. The van der Waals surface area contributed by atoms with E-state index in [-0.39, 0.29) is 6.09 Å². The number of unbranched alkanes of at least 4 members (excludes halogenated alkanes) is 3. The Morgan fingerprint density at radius 1 is 1.03 bits per heavy atom. The van der Waals surface area contributed by atoms with Crippen molar-refractivity contribution in [2.24, 2.45) is 13.0 Å². The smallest absolute Gasteiger partial charge is 0.407 e. The van der Waals surface area contributed by atoms with Crippen LogP contribution in [0.15, 0.2) is 12.4 Å². The summed E-state index contributed by atoms with van der Waals surface area (Å²) in [7, 11) is 1.99. The highest BCUT2D eigenvalue weighted by molar-refractivity contribution is 6.32. The number of aryl methyl sites for hydroxylation is 1. The number of alkyl carbamates (subject to hydrolysis) is 1. The lowest BCUT2D eigenvalue weighted by atomic mass is 9.91. The number of carbonyl (C=O) groups excluding carboxylic acids is 1. The summed E-state index contributed by atoms with van der Waals surface area (Å²) in [5.74, 6) is 1.41. The summed E-state index contributed by atoms with van der Waals surface area (Å²) >= 11 is 6.54. The second kappa shape index (κ2) is 13.8. The van der Waals surface area contributed by atoms with Gasteiger partial charge >= 0.3 is 6.09 Å². The lowest BCUT2D eigenvalue weighted by Gasteiger charge is -2.30. The Morgan fingerprint density at radius 2 is 1.72 bits per heavy atom. The highest BCUT2D eigenvalue weighted by Gasteiger charge is 2.27. The molecule has 0 atom stereocenters. The fourth-order valence-corrected chi connectivity index (χ4v) is 5.36. The van der Waals surface area contributed by atoms with E-state index in [1.54, 1.807) is 6.20 Å². The Hall–Kier alpha value is -2.39. The van der Waals surface area contributed by atoms with E-state index < -0.39 is 5.60 Å². The van der Waals surface area contributed by atoms with Crippen LogP contribution in [0.5, 0.6) is 0 Å². The van der Waals surface area contributed by atoms with Crippen LogP contribution >= 0.6 is 11.6 Å². The minimum Gasteiger partial charge on any atom is -0.444 e. The van der Waals surface area contributed by atoms with Crippen LogP contribution in [0.4, 0.5) is 10.7 Å². The number of aromatic nitrogens is 4. The Morgan fingerprint density at radius 3 is 2.41 bits per heavy atom. The van der Waals surface area contributed by atoms with E-state index in [1.807, 2.05) is 38.7 Å². The number of carbonyl (C=O) groups is 1. The van der Waals surface area contributed by atoms with Crippen LogP contribution in [0.2, 0.25) is 5.02 Å². The standard InChI is InChI=1S/C29H46ClN7O2/c1-29(2,3)39-28(38)32-16-8-6-5-7-15-31-21-11-13-22(14-12-21)35-27-33-19-24(30)26(36-27)23-18-34-37(4)25(23)17-20-9-10-20/h18-22,31H,5-17H2,1-4H3,(H,32,38)(H,33,35,36). The predicted octanol–water partition coefficient (Wildman–Crippen LogP) is 5.88. The van der Waals surface area contributed by atoms with Crippen LogP contribution in [-0.4, -0.2) is 56.6 Å². The quantitative estimate of drug-likeness (QED) is 0.263. The number of halogens is 1. The van der Waals surface area contributed by atoms with Crippen molar-refractivity contribution >= 4 is 23.6 Å². The lowest BCUT2D eigenvalue weighted by molar-refractivity contribution is 0.0527. The largest absolute Gasteiger partial charge is 0.444 e. The molecule has 0 aromatic carbocycles. The topological polar surface area (TPSA) is 106 Å². The zero-order chi connectivity index (χ0) is 27.8. The summed E-state index contributed by atoms with van der Waals surface area (Å²) in [4.78, 5) is 21.0. The SMILES string of the molecule is Cn1ncc(-c2nc(NC3CCC(NCCCCCCNC(=O)OC(C)(C)C)CC3)ncc2Cl)c1CC1CC1.